The lowest BCUT2D eigenvalue weighted by molar-refractivity contribution is -0.149. The summed E-state index contributed by atoms with van der Waals surface area (Å²) in [6, 6.07) is 5.66. The summed E-state index contributed by atoms with van der Waals surface area (Å²) in [5.74, 6) is 1.24. The van der Waals surface area contributed by atoms with Gasteiger partial charge >= 0.3 is 5.97 Å². The Morgan fingerprint density at radius 3 is 2.52 bits per heavy atom. The third-order valence-electron chi connectivity index (χ3n) is 4.20. The molecular formula is C21H29NO5. The zero-order chi connectivity index (χ0) is 20.2. The third-order valence-corrected chi connectivity index (χ3v) is 4.20. The lowest BCUT2D eigenvalue weighted by Crippen LogP contribution is -2.26. The van der Waals surface area contributed by atoms with Crippen LogP contribution in [0, 0.1) is 13.8 Å². The Morgan fingerprint density at radius 2 is 2.00 bits per heavy atom. The van der Waals surface area contributed by atoms with Gasteiger partial charge in [0.1, 0.15) is 23.8 Å². The molecule has 2 rings (SSSR count). The van der Waals surface area contributed by atoms with Gasteiger partial charge in [-0.15, -0.1) is 0 Å². The highest BCUT2D eigenvalue weighted by molar-refractivity contribution is 5.72. The topological polar surface area (TPSA) is 81.8 Å². The summed E-state index contributed by atoms with van der Waals surface area (Å²) in [5.41, 5.74) is 2.46. The average Bonchev–Trinajstić information content (AvgIpc) is 2.95. The van der Waals surface area contributed by atoms with Crippen molar-refractivity contribution in [1.82, 2.24) is 4.98 Å². The van der Waals surface area contributed by atoms with Gasteiger partial charge < -0.3 is 19.0 Å². The van der Waals surface area contributed by atoms with Crippen LogP contribution >= 0.6 is 0 Å². The minimum absolute atomic E-state index is 0.151. The molecule has 1 unspecified atom stereocenters. The van der Waals surface area contributed by atoms with Gasteiger partial charge in [-0.2, -0.15) is 0 Å². The van der Waals surface area contributed by atoms with Crippen molar-refractivity contribution in [3.05, 3.63) is 46.7 Å². The Hall–Kier alpha value is -2.34. The van der Waals surface area contributed by atoms with Crippen molar-refractivity contribution >= 4 is 5.97 Å². The van der Waals surface area contributed by atoms with E-state index in [1.54, 1.807) is 6.92 Å². The molecule has 6 nitrogen and oxygen atoms in total. The zero-order valence-electron chi connectivity index (χ0n) is 17.0. The first-order chi connectivity index (χ1) is 12.6. The monoisotopic (exact) mass is 375 g/mol. The molecule has 1 heterocycles. The number of hydrogen-bond acceptors (Lipinski definition) is 5. The maximum atomic E-state index is 11.2. The van der Waals surface area contributed by atoms with Gasteiger partial charge in [0, 0.05) is 18.4 Å². The SMILES string of the molecule is CCOC(Cc1ccc(OCc2nc(C(C)(C)C)oc2C)c(C)c1)C(=O)O. The van der Waals surface area contributed by atoms with Crippen LogP contribution in [0.15, 0.2) is 22.6 Å². The Morgan fingerprint density at radius 1 is 1.30 bits per heavy atom. The second-order valence-electron chi connectivity index (χ2n) is 7.65. The average molecular weight is 375 g/mol. The molecule has 0 saturated carbocycles. The molecule has 0 aliphatic rings. The number of aryl methyl sites for hydroxylation is 2. The summed E-state index contributed by atoms with van der Waals surface area (Å²) in [7, 11) is 0. The molecular weight excluding hydrogens is 346 g/mol. The van der Waals surface area contributed by atoms with Gasteiger partial charge in [-0.3, -0.25) is 0 Å². The number of carbonyl (C=O) groups is 1. The Labute approximate surface area is 160 Å². The highest BCUT2D eigenvalue weighted by Crippen LogP contribution is 2.26. The lowest BCUT2D eigenvalue weighted by atomic mass is 9.97. The van der Waals surface area contributed by atoms with Crippen molar-refractivity contribution in [1.29, 1.82) is 0 Å². The summed E-state index contributed by atoms with van der Waals surface area (Å²) in [6.45, 7) is 12.5. The summed E-state index contributed by atoms with van der Waals surface area (Å²) >= 11 is 0. The fourth-order valence-corrected chi connectivity index (χ4v) is 2.66. The highest BCUT2D eigenvalue weighted by Gasteiger charge is 2.22. The van der Waals surface area contributed by atoms with Gasteiger partial charge in [-0.1, -0.05) is 32.9 Å². The smallest absolute Gasteiger partial charge is 0.333 e. The molecule has 0 amide bonds. The number of nitrogens with zero attached hydrogens (tertiary/aromatic N) is 1. The molecule has 1 atom stereocenters. The maximum absolute atomic E-state index is 11.2. The molecule has 0 aliphatic heterocycles. The van der Waals surface area contributed by atoms with Crippen LogP contribution in [0.1, 0.15) is 56.2 Å². The Kier molecular flexibility index (Phi) is 6.65. The first-order valence-electron chi connectivity index (χ1n) is 9.15. The minimum atomic E-state index is -0.953. The van der Waals surface area contributed by atoms with E-state index in [1.807, 2.05) is 32.0 Å². The van der Waals surface area contributed by atoms with Crippen LogP contribution in [-0.2, 0) is 28.0 Å². The minimum Gasteiger partial charge on any atom is -0.487 e. The van der Waals surface area contributed by atoms with Crippen LogP contribution in [0.5, 0.6) is 5.75 Å². The van der Waals surface area contributed by atoms with Crippen molar-refractivity contribution in [3.63, 3.8) is 0 Å². The van der Waals surface area contributed by atoms with E-state index in [4.69, 9.17) is 13.9 Å². The molecule has 0 bridgehead atoms. The van der Waals surface area contributed by atoms with E-state index in [0.29, 0.717) is 25.5 Å². The normalized spacial score (nSPS) is 12.8. The van der Waals surface area contributed by atoms with Crippen LogP contribution in [0.2, 0.25) is 0 Å². The van der Waals surface area contributed by atoms with Crippen LogP contribution in [0.3, 0.4) is 0 Å². The standard InChI is InChI=1S/C21H29NO5/c1-7-25-18(19(23)24)11-15-8-9-17(13(2)10-15)26-12-16-14(3)27-20(22-16)21(4,5)6/h8-10,18H,7,11-12H2,1-6H3,(H,23,24). The van der Waals surface area contributed by atoms with E-state index < -0.39 is 12.1 Å². The predicted molar refractivity (Wildman–Crippen MR) is 102 cm³/mol. The predicted octanol–water partition coefficient (Wildman–Crippen LogP) is 4.20. The number of carboxylic acid groups (broad SMARTS) is 1. The second kappa shape index (κ2) is 8.57. The van der Waals surface area contributed by atoms with Gasteiger partial charge in [0.2, 0.25) is 0 Å². The van der Waals surface area contributed by atoms with Gasteiger partial charge in [0.25, 0.3) is 0 Å². The van der Waals surface area contributed by atoms with Crippen LogP contribution in [0.4, 0.5) is 0 Å². The number of aromatic nitrogens is 1. The van der Waals surface area contributed by atoms with Crippen LogP contribution < -0.4 is 4.74 Å². The number of ether oxygens (including phenoxy) is 2. The quantitative estimate of drug-likeness (QED) is 0.745. The number of carboxylic acids is 1. The van der Waals surface area contributed by atoms with Crippen LogP contribution in [0.25, 0.3) is 0 Å². The summed E-state index contributed by atoms with van der Waals surface area (Å²) < 4.78 is 16.9. The molecule has 0 spiro atoms. The molecule has 0 radical (unpaired) electrons. The molecule has 0 aliphatic carbocycles. The third kappa shape index (κ3) is 5.57. The van der Waals surface area contributed by atoms with Crippen molar-refractivity contribution < 1.29 is 23.8 Å². The molecule has 6 heteroatoms. The first kappa shape index (κ1) is 21.0. The van der Waals surface area contributed by atoms with Gasteiger partial charge in [-0.25, -0.2) is 9.78 Å². The van der Waals surface area contributed by atoms with Crippen molar-refractivity contribution in [2.24, 2.45) is 0 Å². The van der Waals surface area contributed by atoms with Crippen LogP contribution in [-0.4, -0.2) is 28.8 Å². The molecule has 0 fully saturated rings. The van der Waals surface area contributed by atoms with E-state index in [-0.39, 0.29) is 5.41 Å². The first-order valence-corrected chi connectivity index (χ1v) is 9.15. The largest absolute Gasteiger partial charge is 0.487 e. The fourth-order valence-electron chi connectivity index (χ4n) is 2.66. The summed E-state index contributed by atoms with van der Waals surface area (Å²) in [6.07, 6.45) is -0.517. The van der Waals surface area contributed by atoms with Crippen molar-refractivity contribution in [3.8, 4) is 5.75 Å². The molecule has 148 valence electrons. The number of aliphatic carboxylic acids is 1. The van der Waals surface area contributed by atoms with Crippen molar-refractivity contribution in [2.45, 2.75) is 66.1 Å². The number of benzene rings is 1. The van der Waals surface area contributed by atoms with E-state index in [1.165, 1.54) is 0 Å². The molecule has 27 heavy (non-hydrogen) atoms. The van der Waals surface area contributed by atoms with E-state index >= 15 is 0 Å². The zero-order valence-corrected chi connectivity index (χ0v) is 17.0. The summed E-state index contributed by atoms with van der Waals surface area (Å²) in [5, 5.41) is 9.22. The molecule has 1 N–H and O–H groups in total. The highest BCUT2D eigenvalue weighted by atomic mass is 16.5. The van der Waals surface area contributed by atoms with Crippen molar-refractivity contribution in [2.75, 3.05) is 6.61 Å². The van der Waals surface area contributed by atoms with Gasteiger partial charge in [0.15, 0.2) is 12.0 Å². The molecule has 1 aromatic carbocycles. The number of rotatable bonds is 8. The number of hydrogen-bond donors (Lipinski definition) is 1. The van der Waals surface area contributed by atoms with E-state index in [2.05, 4.69) is 25.8 Å². The lowest BCUT2D eigenvalue weighted by Gasteiger charge is -2.14. The van der Waals surface area contributed by atoms with Gasteiger partial charge in [0.05, 0.1) is 0 Å². The second-order valence-corrected chi connectivity index (χ2v) is 7.65. The number of oxazole rings is 1. The fraction of sp³-hybridized carbons (Fsp3) is 0.524. The molecule has 1 aromatic heterocycles. The van der Waals surface area contributed by atoms with E-state index in [9.17, 15) is 9.90 Å². The Balaban J connectivity index is 2.06. The molecule has 2 aromatic rings. The maximum Gasteiger partial charge on any atom is 0.333 e. The summed E-state index contributed by atoms with van der Waals surface area (Å²) in [4.78, 5) is 15.8. The van der Waals surface area contributed by atoms with Gasteiger partial charge in [-0.05, 0) is 38.0 Å². The molecule has 0 saturated heterocycles. The van der Waals surface area contributed by atoms with E-state index in [0.717, 1.165) is 28.3 Å². The Bertz CT molecular complexity index is 788.